The number of rotatable bonds is 1. The maximum Gasteiger partial charge on any atom is 0.0963 e. The lowest BCUT2D eigenvalue weighted by Crippen LogP contribution is -2.26. The number of nitrogens with one attached hydrogen (secondary N) is 1. The molecular formula is C32H23N3S. The number of nitrogens with zero attached hydrogens (tertiary/aromatic N) is 2. The van der Waals surface area contributed by atoms with Gasteiger partial charge in [-0.05, 0) is 65.7 Å². The number of anilines is 2. The average Bonchev–Trinajstić information content (AvgIpc) is 3.42. The molecule has 7 aromatic rings. The average molecular weight is 482 g/mol. The highest BCUT2D eigenvalue weighted by Gasteiger charge is 2.32. The van der Waals surface area contributed by atoms with Crippen LogP contribution in [-0.2, 0) is 5.41 Å². The van der Waals surface area contributed by atoms with Crippen LogP contribution >= 0.6 is 11.3 Å². The minimum Gasteiger partial charge on any atom is -0.355 e. The van der Waals surface area contributed by atoms with Gasteiger partial charge in [-0.25, -0.2) is 0 Å². The van der Waals surface area contributed by atoms with Crippen molar-refractivity contribution in [1.29, 1.82) is 0 Å². The van der Waals surface area contributed by atoms with Crippen LogP contribution in [0.5, 0.6) is 0 Å². The molecule has 0 fully saturated rings. The Balaban J connectivity index is 1.43. The predicted molar refractivity (Wildman–Crippen MR) is 153 cm³/mol. The zero-order valence-electron chi connectivity index (χ0n) is 20.0. The quantitative estimate of drug-likeness (QED) is 0.254. The Kier molecular flexibility index (Phi) is 3.88. The van der Waals surface area contributed by atoms with Crippen molar-refractivity contribution >= 4 is 64.8 Å². The number of hydrogen-bond donors (Lipinski definition) is 1. The Morgan fingerprint density at radius 2 is 1.53 bits per heavy atom. The van der Waals surface area contributed by atoms with Crippen molar-refractivity contribution < 1.29 is 0 Å². The highest BCUT2D eigenvalue weighted by molar-refractivity contribution is 7.25. The molecule has 3 aromatic heterocycles. The fraction of sp³-hybridized carbons (Fsp3) is 0.0938. The molecule has 0 saturated heterocycles. The summed E-state index contributed by atoms with van der Waals surface area (Å²) in [6.45, 7) is 4.65. The lowest BCUT2D eigenvalue weighted by molar-refractivity contribution is 0.637. The molecule has 4 heterocycles. The van der Waals surface area contributed by atoms with Gasteiger partial charge in [0.05, 0.1) is 16.6 Å². The summed E-state index contributed by atoms with van der Waals surface area (Å²) < 4.78 is 5.02. The van der Waals surface area contributed by atoms with Gasteiger partial charge < -0.3 is 9.88 Å². The Hall–Kier alpha value is -4.15. The van der Waals surface area contributed by atoms with E-state index in [9.17, 15) is 0 Å². The minimum absolute atomic E-state index is 0.108. The van der Waals surface area contributed by atoms with Crippen LogP contribution in [0.1, 0.15) is 25.0 Å². The molecule has 0 atom stereocenters. The third-order valence-electron chi connectivity index (χ3n) is 7.82. The van der Waals surface area contributed by atoms with E-state index in [-0.39, 0.29) is 5.41 Å². The third kappa shape index (κ3) is 2.59. The number of fused-ring (bicyclic) bond motifs is 8. The largest absolute Gasteiger partial charge is 0.355 e. The van der Waals surface area contributed by atoms with Gasteiger partial charge in [0.2, 0.25) is 0 Å². The SMILES string of the molecule is CC1(C)c2ccccc2Nc2ccc(-n3c4cc5sc6ccccc6c5cc4c4ncccc43)cc21. The van der Waals surface area contributed by atoms with E-state index >= 15 is 0 Å². The molecule has 36 heavy (non-hydrogen) atoms. The van der Waals surface area contributed by atoms with Crippen molar-refractivity contribution in [1.82, 2.24) is 9.55 Å². The van der Waals surface area contributed by atoms with Crippen molar-refractivity contribution in [2.75, 3.05) is 5.32 Å². The van der Waals surface area contributed by atoms with E-state index in [1.807, 2.05) is 23.6 Å². The number of hydrogen-bond acceptors (Lipinski definition) is 3. The van der Waals surface area contributed by atoms with Crippen LogP contribution in [0.2, 0.25) is 0 Å². The third-order valence-corrected chi connectivity index (χ3v) is 8.96. The topological polar surface area (TPSA) is 29.9 Å². The lowest BCUT2D eigenvalue weighted by Gasteiger charge is -2.36. The molecule has 0 amide bonds. The Bertz CT molecular complexity index is 2010. The maximum atomic E-state index is 4.84. The van der Waals surface area contributed by atoms with Crippen LogP contribution in [-0.4, -0.2) is 9.55 Å². The summed E-state index contributed by atoms with van der Waals surface area (Å²) in [6.07, 6.45) is 1.90. The van der Waals surface area contributed by atoms with Crippen LogP contribution in [0.25, 0.3) is 47.8 Å². The van der Waals surface area contributed by atoms with E-state index in [0.717, 1.165) is 16.7 Å². The van der Waals surface area contributed by atoms with E-state index in [1.54, 1.807) is 0 Å². The van der Waals surface area contributed by atoms with Gasteiger partial charge >= 0.3 is 0 Å². The second-order valence-corrected chi connectivity index (χ2v) is 11.3. The summed E-state index contributed by atoms with van der Waals surface area (Å²) in [5, 5.41) is 7.48. The van der Waals surface area contributed by atoms with Crippen LogP contribution in [0.4, 0.5) is 11.4 Å². The number of aromatic nitrogens is 2. The van der Waals surface area contributed by atoms with Crippen LogP contribution < -0.4 is 5.32 Å². The summed E-state index contributed by atoms with van der Waals surface area (Å²) >= 11 is 1.86. The van der Waals surface area contributed by atoms with E-state index < -0.39 is 0 Å². The van der Waals surface area contributed by atoms with E-state index in [4.69, 9.17) is 4.98 Å². The first-order valence-corrected chi connectivity index (χ1v) is 13.1. The van der Waals surface area contributed by atoms with E-state index in [2.05, 4.69) is 109 Å². The highest BCUT2D eigenvalue weighted by atomic mass is 32.1. The minimum atomic E-state index is -0.108. The number of benzene rings is 4. The number of pyridine rings is 1. The monoisotopic (exact) mass is 481 g/mol. The normalized spacial score (nSPS) is 14.3. The zero-order valence-corrected chi connectivity index (χ0v) is 20.9. The van der Waals surface area contributed by atoms with Gasteiger partial charge in [0.25, 0.3) is 0 Å². The summed E-state index contributed by atoms with van der Waals surface area (Å²) in [5.41, 5.74) is 9.43. The van der Waals surface area contributed by atoms with E-state index in [1.165, 1.54) is 53.6 Å². The lowest BCUT2D eigenvalue weighted by atomic mass is 9.74. The highest BCUT2D eigenvalue weighted by Crippen LogP contribution is 2.46. The van der Waals surface area contributed by atoms with Gasteiger partial charge in [0.1, 0.15) is 0 Å². The summed E-state index contributed by atoms with van der Waals surface area (Å²) in [4.78, 5) is 4.84. The molecule has 0 radical (unpaired) electrons. The first kappa shape index (κ1) is 20.1. The van der Waals surface area contributed by atoms with Crippen LogP contribution in [0.15, 0.2) is 97.2 Å². The fourth-order valence-electron chi connectivity index (χ4n) is 6.05. The molecule has 0 unspecified atom stereocenters. The molecule has 8 rings (SSSR count). The zero-order chi connectivity index (χ0) is 24.0. The van der Waals surface area contributed by atoms with E-state index in [0.29, 0.717) is 0 Å². The number of para-hydroxylation sites is 1. The molecule has 0 spiro atoms. The molecule has 4 aromatic carbocycles. The van der Waals surface area contributed by atoms with Gasteiger partial charge in [-0.15, -0.1) is 11.3 Å². The second-order valence-electron chi connectivity index (χ2n) is 10.2. The Morgan fingerprint density at radius 1 is 0.694 bits per heavy atom. The second kappa shape index (κ2) is 6.96. The van der Waals surface area contributed by atoms with Crippen LogP contribution in [0.3, 0.4) is 0 Å². The van der Waals surface area contributed by atoms with Gasteiger partial charge in [0.15, 0.2) is 0 Å². The van der Waals surface area contributed by atoms with Crippen molar-refractivity contribution in [3.8, 4) is 5.69 Å². The Labute approximate surface area is 212 Å². The van der Waals surface area contributed by atoms with Crippen molar-refractivity contribution in [3.63, 3.8) is 0 Å². The molecule has 1 aliphatic rings. The number of thiophene rings is 1. The standard InChI is InChI=1S/C32H23N3S/c1-32(2)23-9-4-5-10-25(23)34-26-14-13-19(16-24(26)32)35-27-11-7-15-33-31(27)22-17-21-20-8-3-6-12-29(20)36-30(21)18-28(22)35/h3-18,34H,1-2H3. The summed E-state index contributed by atoms with van der Waals surface area (Å²) in [6, 6.07) is 33.1. The predicted octanol–water partition coefficient (Wildman–Crippen LogP) is 8.93. The van der Waals surface area contributed by atoms with Crippen molar-refractivity contribution in [3.05, 3.63) is 108 Å². The molecule has 1 N–H and O–H groups in total. The molecule has 172 valence electrons. The van der Waals surface area contributed by atoms with Crippen LogP contribution in [0, 0.1) is 0 Å². The van der Waals surface area contributed by atoms with Gasteiger partial charge in [-0.1, -0.05) is 50.2 Å². The first-order valence-electron chi connectivity index (χ1n) is 12.3. The fourth-order valence-corrected chi connectivity index (χ4v) is 7.17. The van der Waals surface area contributed by atoms with Crippen molar-refractivity contribution in [2.24, 2.45) is 0 Å². The summed E-state index contributed by atoms with van der Waals surface area (Å²) in [7, 11) is 0. The molecule has 3 nitrogen and oxygen atoms in total. The smallest absolute Gasteiger partial charge is 0.0963 e. The van der Waals surface area contributed by atoms with Gasteiger partial charge in [-0.2, -0.15) is 0 Å². The molecule has 4 heteroatoms. The maximum absolute atomic E-state index is 4.84. The molecule has 1 aliphatic heterocycles. The van der Waals surface area contributed by atoms with Gasteiger partial charge in [0, 0.05) is 54.2 Å². The molecule has 0 bridgehead atoms. The molecule has 0 saturated carbocycles. The summed E-state index contributed by atoms with van der Waals surface area (Å²) in [5.74, 6) is 0. The van der Waals surface area contributed by atoms with Gasteiger partial charge in [-0.3, -0.25) is 4.98 Å². The Morgan fingerprint density at radius 3 is 2.47 bits per heavy atom. The molecular weight excluding hydrogens is 458 g/mol. The first-order chi connectivity index (χ1) is 17.6. The van der Waals surface area contributed by atoms with Crippen molar-refractivity contribution in [2.45, 2.75) is 19.3 Å². The molecule has 0 aliphatic carbocycles.